The van der Waals surface area contributed by atoms with Crippen molar-refractivity contribution in [1.29, 1.82) is 0 Å². The predicted octanol–water partition coefficient (Wildman–Crippen LogP) is 1.82. The lowest BCUT2D eigenvalue weighted by Crippen LogP contribution is -1.45. The molecule has 0 unspecified atom stereocenters. The van der Waals surface area contributed by atoms with E-state index in [0.29, 0.717) is 0 Å². The van der Waals surface area contributed by atoms with Gasteiger partial charge in [0, 0.05) is 1.59 Å². The van der Waals surface area contributed by atoms with Crippen LogP contribution in [0.4, 0.5) is 0 Å². The molecule has 27 valence electrons. The molecule has 3 heteroatoms. The van der Waals surface area contributed by atoms with Crippen LogP contribution in [0.1, 0.15) is 0 Å². The minimum atomic E-state index is 1.23. The number of halogens is 2. The van der Waals surface area contributed by atoms with Gasteiger partial charge in [0.1, 0.15) is 0 Å². The molecular weight excluding hydrogens is 306 g/mol. The smallest absolute Gasteiger partial charge is 0.0622 e. The van der Waals surface area contributed by atoms with Crippen molar-refractivity contribution in [3.05, 3.63) is 7.29 Å². The molecule has 0 atom stereocenters. The fourth-order valence-electron chi connectivity index (χ4n) is 0. The van der Waals surface area contributed by atoms with Gasteiger partial charge < -0.3 is 0 Å². The molecule has 5 heavy (non-hydrogen) atoms. The van der Waals surface area contributed by atoms with Crippen molar-refractivity contribution in [1.82, 2.24) is 0 Å². The van der Waals surface area contributed by atoms with Crippen molar-refractivity contribution < 1.29 is 0 Å². The molecule has 0 N–H and O–H groups in total. The molecule has 0 saturated carbocycles. The van der Waals surface area contributed by atoms with Gasteiger partial charge in [0.25, 0.3) is 0 Å². The van der Waals surface area contributed by atoms with Gasteiger partial charge in [-0.2, -0.15) is 0 Å². The first kappa shape index (κ1) is 6.42. The average molecular weight is 307 g/mol. The Morgan fingerprint density at radius 1 is 1.60 bits per heavy atom. The zero-order valence-electron chi connectivity index (χ0n) is 2.33. The lowest BCUT2D eigenvalue weighted by molar-refractivity contribution is 2.56. The largest absolute Gasteiger partial charge is 0.0829 e. The van der Waals surface area contributed by atoms with Crippen LogP contribution in [0.3, 0.4) is 0 Å². The summed E-state index contributed by atoms with van der Waals surface area (Å²) in [5.41, 5.74) is 1.86. The monoisotopic (exact) mass is 307 g/mol. The molecule has 0 spiro atoms. The number of hydrogen-bond donors (Lipinski definition) is 0. The molecule has 0 nitrogen and oxygen atoms in total. The highest BCUT2D eigenvalue weighted by Gasteiger charge is 1.67. The predicted molar refractivity (Wildman–Crippen MR) is 41.9 cm³/mol. The van der Waals surface area contributed by atoms with Crippen molar-refractivity contribution in [3.63, 3.8) is 0 Å². The van der Waals surface area contributed by atoms with E-state index in [0.717, 1.165) is 0 Å². The highest BCUT2D eigenvalue weighted by Crippen LogP contribution is 2.11. The Hall–Kier alpha value is 1.42. The highest BCUT2D eigenvalue weighted by molar-refractivity contribution is 14.2. The second-order valence-electron chi connectivity index (χ2n) is 0.434. The van der Waals surface area contributed by atoms with Crippen molar-refractivity contribution in [2.75, 3.05) is 0 Å². The van der Waals surface area contributed by atoms with Crippen LogP contribution in [-0.4, -0.2) is 10.2 Å². The maximum atomic E-state index is 3.18. The van der Waals surface area contributed by atoms with Crippen LogP contribution in [-0.2, 0) is 0 Å². The summed E-state index contributed by atoms with van der Waals surface area (Å²) in [6, 6.07) is 0. The summed E-state index contributed by atoms with van der Waals surface area (Å²) in [4.78, 5) is 0. The van der Waals surface area contributed by atoms with E-state index in [9.17, 15) is 0 Å². The van der Waals surface area contributed by atoms with Gasteiger partial charge in [-0.05, 0) is 45.2 Å². The van der Waals surface area contributed by atoms with Crippen LogP contribution < -0.4 is 0 Å². The summed E-state index contributed by atoms with van der Waals surface area (Å²) in [7, 11) is 3.18. The number of hydrogen-bond acceptors (Lipinski definition) is 0. The molecule has 3 radical (unpaired) electrons. The molecule has 0 amide bonds. The van der Waals surface area contributed by atoms with Gasteiger partial charge in [-0.25, -0.2) is 0 Å². The van der Waals surface area contributed by atoms with E-state index in [4.69, 9.17) is 0 Å². The third-order valence-electron chi connectivity index (χ3n) is 0.109. The van der Waals surface area contributed by atoms with E-state index >= 15 is 0 Å². The normalized spacial score (nSPS) is 7.00. The zero-order valence-corrected chi connectivity index (χ0v) is 7.65. The van der Waals surface area contributed by atoms with E-state index in [1.807, 2.05) is 5.70 Å². The minimum Gasteiger partial charge on any atom is -0.0829 e. The maximum Gasteiger partial charge on any atom is 0.0622 e. The molecule has 0 aliphatic heterocycles. The topological polar surface area (TPSA) is 0 Å². The average Bonchev–Trinajstić information content (AvgIpc) is 1.38. The van der Waals surface area contributed by atoms with Gasteiger partial charge in [-0.1, -0.05) is 5.70 Å². The Labute approximate surface area is 62.1 Å². The van der Waals surface area contributed by atoms with E-state index in [2.05, 4.69) is 55.4 Å². The van der Waals surface area contributed by atoms with Crippen molar-refractivity contribution >= 4 is 55.4 Å². The van der Waals surface area contributed by atoms with Gasteiger partial charge in [-0.15, -0.1) is 0 Å². The Morgan fingerprint density at radius 3 is 1.80 bits per heavy atom. The summed E-state index contributed by atoms with van der Waals surface area (Å²) in [6.07, 6.45) is 0. The fourth-order valence-corrected chi connectivity index (χ4v) is 0. The first-order valence-corrected chi connectivity index (χ1v) is 3.69. The Bertz CT molecular complexity index is 45.6. The first-order chi connectivity index (χ1) is 2.27. The van der Waals surface area contributed by atoms with Crippen LogP contribution in [0.2, 0.25) is 0 Å². The van der Waals surface area contributed by atoms with Crippen LogP contribution in [0.25, 0.3) is 0 Å². The van der Waals surface area contributed by atoms with Crippen LogP contribution in [0.5, 0.6) is 0 Å². The summed E-state index contributed by atoms with van der Waals surface area (Å²) in [5.74, 6) is 0. The SMILES string of the molecule is [Si]C=C(I)I. The molecule has 0 heterocycles. The van der Waals surface area contributed by atoms with E-state index in [1.54, 1.807) is 0 Å². The molecule has 0 aliphatic rings. The molecule has 0 aromatic rings. The van der Waals surface area contributed by atoms with Gasteiger partial charge in [0.2, 0.25) is 0 Å². The van der Waals surface area contributed by atoms with Crippen molar-refractivity contribution in [2.24, 2.45) is 0 Å². The molecule has 0 aliphatic carbocycles. The first-order valence-electron chi connectivity index (χ1n) is 0.955. The standard InChI is InChI=1S/C2HI2Si/c3-2(4)1-5/h1H. The van der Waals surface area contributed by atoms with Gasteiger partial charge >= 0.3 is 0 Å². The molecule has 0 aromatic carbocycles. The second kappa shape index (κ2) is 3.60. The minimum absolute atomic E-state index is 1.23. The van der Waals surface area contributed by atoms with Crippen LogP contribution >= 0.6 is 45.2 Å². The lowest BCUT2D eigenvalue weighted by Gasteiger charge is -1.67. The second-order valence-corrected chi connectivity index (χ2v) is 5.11. The Kier molecular flexibility index (Phi) is 4.62. The summed E-state index contributed by atoms with van der Waals surface area (Å²) < 4.78 is 1.23. The summed E-state index contributed by atoms with van der Waals surface area (Å²) in [5, 5.41) is 0. The van der Waals surface area contributed by atoms with Gasteiger partial charge in [0.05, 0.1) is 10.2 Å². The van der Waals surface area contributed by atoms with Crippen LogP contribution in [0, 0.1) is 0 Å². The molecular formula is C2HI2Si. The van der Waals surface area contributed by atoms with E-state index in [-0.39, 0.29) is 0 Å². The van der Waals surface area contributed by atoms with Gasteiger partial charge in [-0.3, -0.25) is 0 Å². The third kappa shape index (κ3) is 5.42. The Morgan fingerprint density at radius 2 is 1.80 bits per heavy atom. The molecule has 0 bridgehead atoms. The summed E-state index contributed by atoms with van der Waals surface area (Å²) >= 11 is 4.41. The number of rotatable bonds is 0. The van der Waals surface area contributed by atoms with E-state index in [1.165, 1.54) is 1.59 Å². The Balaban J connectivity index is 3.14. The lowest BCUT2D eigenvalue weighted by atomic mass is 11.3. The molecule has 0 saturated heterocycles. The molecule has 0 aromatic heterocycles. The maximum absolute atomic E-state index is 3.18. The van der Waals surface area contributed by atoms with E-state index < -0.39 is 0 Å². The quantitative estimate of drug-likeness (QED) is 0.473. The fraction of sp³-hybridized carbons (Fsp3) is 0. The highest BCUT2D eigenvalue weighted by atomic mass is 127. The van der Waals surface area contributed by atoms with Crippen molar-refractivity contribution in [2.45, 2.75) is 0 Å². The summed E-state index contributed by atoms with van der Waals surface area (Å²) in [6.45, 7) is 0. The molecule has 0 fully saturated rings. The van der Waals surface area contributed by atoms with Gasteiger partial charge in [0.15, 0.2) is 0 Å². The van der Waals surface area contributed by atoms with Crippen molar-refractivity contribution in [3.8, 4) is 0 Å². The molecule has 0 rings (SSSR count). The third-order valence-corrected chi connectivity index (χ3v) is 2.20. The van der Waals surface area contributed by atoms with Crippen LogP contribution in [0.15, 0.2) is 7.29 Å². The zero-order chi connectivity index (χ0) is 4.28.